The van der Waals surface area contributed by atoms with Crippen molar-refractivity contribution in [3.05, 3.63) is 60.2 Å². The van der Waals surface area contributed by atoms with Gasteiger partial charge in [-0.3, -0.25) is 0 Å². The predicted molar refractivity (Wildman–Crippen MR) is 106 cm³/mol. The molecule has 27 heavy (non-hydrogen) atoms. The molecule has 0 aliphatic carbocycles. The molecule has 148 valence electrons. The van der Waals surface area contributed by atoms with Gasteiger partial charge in [0, 0.05) is 19.6 Å². The topological polar surface area (TPSA) is 83.6 Å². The minimum atomic E-state index is -3.72. The number of hydrogen-bond donors (Lipinski definition) is 1. The third-order valence-corrected chi connectivity index (χ3v) is 7.36. The maximum atomic E-state index is 12.7. The molecule has 2 rings (SSSR count). The van der Waals surface area contributed by atoms with E-state index in [1.54, 1.807) is 0 Å². The van der Waals surface area contributed by atoms with Crippen LogP contribution in [0.4, 0.5) is 0 Å². The van der Waals surface area contributed by atoms with E-state index >= 15 is 0 Å². The van der Waals surface area contributed by atoms with Gasteiger partial charge in [0.25, 0.3) is 0 Å². The van der Waals surface area contributed by atoms with Crippen LogP contribution in [-0.4, -0.2) is 34.2 Å². The van der Waals surface area contributed by atoms with E-state index in [0.29, 0.717) is 13.1 Å². The maximum Gasteiger partial charge on any atom is 0.243 e. The van der Waals surface area contributed by atoms with E-state index in [1.807, 2.05) is 44.2 Å². The first kappa shape index (κ1) is 21.6. The average Bonchev–Trinajstić information content (AvgIpc) is 2.67. The second-order valence-corrected chi connectivity index (χ2v) is 9.89. The van der Waals surface area contributed by atoms with Gasteiger partial charge in [-0.25, -0.2) is 21.6 Å². The Balaban J connectivity index is 2.17. The predicted octanol–water partition coefficient (Wildman–Crippen LogP) is 2.98. The Hall–Kier alpha value is -1.74. The van der Waals surface area contributed by atoms with Gasteiger partial charge in [-0.15, -0.1) is 0 Å². The van der Waals surface area contributed by atoms with Crippen LogP contribution in [0.15, 0.2) is 64.4 Å². The van der Waals surface area contributed by atoms with Crippen LogP contribution in [0.25, 0.3) is 0 Å². The van der Waals surface area contributed by atoms with E-state index in [4.69, 9.17) is 0 Å². The number of rotatable bonds is 10. The van der Waals surface area contributed by atoms with Crippen LogP contribution in [-0.2, 0) is 26.6 Å². The molecular weight excluding hydrogens is 384 g/mol. The summed E-state index contributed by atoms with van der Waals surface area (Å²) in [5, 5.41) is 0. The highest BCUT2D eigenvalue weighted by Gasteiger charge is 2.24. The Morgan fingerprint density at radius 2 is 1.30 bits per heavy atom. The Morgan fingerprint density at radius 3 is 1.81 bits per heavy atom. The molecule has 0 aromatic heterocycles. The van der Waals surface area contributed by atoms with Crippen molar-refractivity contribution < 1.29 is 16.8 Å². The first-order valence-electron chi connectivity index (χ1n) is 8.95. The summed E-state index contributed by atoms with van der Waals surface area (Å²) in [6.07, 6.45) is 1.43. The molecule has 6 nitrogen and oxygen atoms in total. The molecule has 1 N–H and O–H groups in total. The van der Waals surface area contributed by atoms with Crippen LogP contribution in [0.3, 0.4) is 0 Å². The zero-order chi connectivity index (χ0) is 19.9. The molecule has 0 bridgehead atoms. The fraction of sp³-hybridized carbons (Fsp3) is 0.368. The number of benzene rings is 2. The summed E-state index contributed by atoms with van der Waals surface area (Å²) in [5.74, 6) is 0. The summed E-state index contributed by atoms with van der Waals surface area (Å²) in [7, 11) is -7.34. The summed E-state index contributed by atoms with van der Waals surface area (Å²) in [4.78, 5) is 0.140. The van der Waals surface area contributed by atoms with Crippen LogP contribution < -0.4 is 4.72 Å². The van der Waals surface area contributed by atoms with E-state index in [1.165, 1.54) is 28.6 Å². The average molecular weight is 411 g/mol. The van der Waals surface area contributed by atoms with Crippen molar-refractivity contribution in [2.45, 2.75) is 43.0 Å². The van der Waals surface area contributed by atoms with Crippen LogP contribution >= 0.6 is 0 Å². The normalized spacial score (nSPS) is 12.4. The summed E-state index contributed by atoms with van der Waals surface area (Å²) in [6.45, 7) is 4.90. The quantitative estimate of drug-likeness (QED) is 0.653. The van der Waals surface area contributed by atoms with Gasteiger partial charge in [0.15, 0.2) is 0 Å². The Morgan fingerprint density at radius 1 is 0.778 bits per heavy atom. The molecular formula is C19H26N2O4S2. The number of hydrogen-bond acceptors (Lipinski definition) is 4. The minimum absolute atomic E-state index is 0.0370. The standard InChI is InChI=1S/C19H26N2O4S2/c1-3-14-21(15-4-2)27(24,25)19-12-10-18(11-13-19)26(22,23)20-16-17-8-6-5-7-9-17/h5-13,20H,3-4,14-16H2,1-2H3. The van der Waals surface area contributed by atoms with E-state index in [9.17, 15) is 16.8 Å². The molecule has 8 heteroatoms. The second-order valence-electron chi connectivity index (χ2n) is 6.19. The third-order valence-electron chi connectivity index (χ3n) is 4.03. The van der Waals surface area contributed by atoms with Crippen LogP contribution in [0.1, 0.15) is 32.3 Å². The van der Waals surface area contributed by atoms with Crippen molar-refractivity contribution >= 4 is 20.0 Å². The van der Waals surface area contributed by atoms with Crippen LogP contribution in [0.2, 0.25) is 0 Å². The number of nitrogens with one attached hydrogen (secondary N) is 1. The van der Waals surface area contributed by atoms with E-state index in [-0.39, 0.29) is 16.3 Å². The fourth-order valence-corrected chi connectivity index (χ4v) is 5.29. The highest BCUT2D eigenvalue weighted by molar-refractivity contribution is 7.89. The monoisotopic (exact) mass is 410 g/mol. The van der Waals surface area contributed by atoms with Crippen molar-refractivity contribution in [3.63, 3.8) is 0 Å². The Kier molecular flexibility index (Phi) is 7.55. The van der Waals surface area contributed by atoms with Crippen molar-refractivity contribution in [1.29, 1.82) is 0 Å². The van der Waals surface area contributed by atoms with Gasteiger partial charge >= 0.3 is 0 Å². The third kappa shape index (κ3) is 5.62. The van der Waals surface area contributed by atoms with Crippen LogP contribution in [0.5, 0.6) is 0 Å². The molecule has 0 spiro atoms. The lowest BCUT2D eigenvalue weighted by atomic mass is 10.2. The molecule has 0 saturated carbocycles. The van der Waals surface area contributed by atoms with Crippen molar-refractivity contribution in [1.82, 2.24) is 9.03 Å². The lowest BCUT2D eigenvalue weighted by Gasteiger charge is -2.21. The zero-order valence-electron chi connectivity index (χ0n) is 15.6. The van der Waals surface area contributed by atoms with Gasteiger partial charge in [-0.2, -0.15) is 4.31 Å². The Labute approximate surface area is 162 Å². The molecule has 2 aromatic rings. The molecule has 0 heterocycles. The SMILES string of the molecule is CCCN(CCC)S(=O)(=O)c1ccc(S(=O)(=O)NCc2ccccc2)cc1. The molecule has 0 saturated heterocycles. The summed E-state index contributed by atoms with van der Waals surface area (Å²) >= 11 is 0. The van der Waals surface area contributed by atoms with Gasteiger partial charge in [0.05, 0.1) is 9.79 Å². The van der Waals surface area contributed by atoms with Gasteiger partial charge in [-0.05, 0) is 42.7 Å². The number of nitrogens with zero attached hydrogens (tertiary/aromatic N) is 1. The molecule has 0 radical (unpaired) electrons. The highest BCUT2D eigenvalue weighted by Crippen LogP contribution is 2.19. The molecule has 0 atom stereocenters. The van der Waals surface area contributed by atoms with E-state index in [0.717, 1.165) is 18.4 Å². The van der Waals surface area contributed by atoms with Gasteiger partial charge in [0.2, 0.25) is 20.0 Å². The lowest BCUT2D eigenvalue weighted by molar-refractivity contribution is 0.410. The van der Waals surface area contributed by atoms with E-state index in [2.05, 4.69) is 4.72 Å². The molecule has 0 amide bonds. The van der Waals surface area contributed by atoms with Gasteiger partial charge in [0.1, 0.15) is 0 Å². The Bertz CT molecular complexity index is 919. The fourth-order valence-electron chi connectivity index (χ4n) is 2.65. The highest BCUT2D eigenvalue weighted by atomic mass is 32.2. The molecule has 0 aliphatic rings. The minimum Gasteiger partial charge on any atom is -0.207 e. The van der Waals surface area contributed by atoms with Crippen LogP contribution in [0, 0.1) is 0 Å². The summed E-state index contributed by atoms with van der Waals surface area (Å²) in [5.41, 5.74) is 0.843. The molecule has 0 fully saturated rings. The van der Waals surface area contributed by atoms with Crippen molar-refractivity contribution in [2.24, 2.45) is 0 Å². The zero-order valence-corrected chi connectivity index (χ0v) is 17.3. The van der Waals surface area contributed by atoms with Gasteiger partial charge in [-0.1, -0.05) is 44.2 Å². The maximum absolute atomic E-state index is 12.7. The summed E-state index contributed by atoms with van der Waals surface area (Å²) < 4.78 is 54.3. The largest absolute Gasteiger partial charge is 0.243 e. The molecule has 0 unspecified atom stereocenters. The van der Waals surface area contributed by atoms with Crippen molar-refractivity contribution in [2.75, 3.05) is 13.1 Å². The number of sulfonamides is 2. The molecule has 0 aliphatic heterocycles. The van der Waals surface area contributed by atoms with Crippen molar-refractivity contribution in [3.8, 4) is 0 Å². The first-order valence-corrected chi connectivity index (χ1v) is 11.9. The lowest BCUT2D eigenvalue weighted by Crippen LogP contribution is -2.32. The van der Waals surface area contributed by atoms with E-state index < -0.39 is 20.0 Å². The first-order chi connectivity index (χ1) is 12.8. The summed E-state index contributed by atoms with van der Waals surface area (Å²) in [6, 6.07) is 14.5. The molecule has 2 aromatic carbocycles. The smallest absolute Gasteiger partial charge is 0.207 e. The van der Waals surface area contributed by atoms with Gasteiger partial charge < -0.3 is 0 Å². The second kappa shape index (κ2) is 9.45.